The zero-order chi connectivity index (χ0) is 18.9. The Hall–Kier alpha value is -2.57. The summed E-state index contributed by atoms with van der Waals surface area (Å²) in [5.41, 5.74) is 0.866. The Bertz CT molecular complexity index is 1080. The Kier molecular flexibility index (Phi) is 4.76. The van der Waals surface area contributed by atoms with Crippen LogP contribution in [-0.4, -0.2) is 32.5 Å². The molecule has 6 heteroatoms. The number of ether oxygens (including phenoxy) is 2. The van der Waals surface area contributed by atoms with Crippen molar-refractivity contribution in [2.24, 2.45) is 0 Å². The standard InChI is InChI=1S/C21H21NO4S/c1-2-22(15-16-7-10-20-21(13-16)26-12-11-25-20)27(23,24)19-9-8-17-5-3-4-6-18(17)14-19/h3-10,13-14H,2,11-12,15H2,1H3. The molecule has 0 fully saturated rings. The highest BCUT2D eigenvalue weighted by Crippen LogP contribution is 2.32. The number of rotatable bonds is 5. The molecule has 27 heavy (non-hydrogen) atoms. The third-order valence-corrected chi connectivity index (χ3v) is 6.59. The van der Waals surface area contributed by atoms with Crippen LogP contribution < -0.4 is 9.47 Å². The van der Waals surface area contributed by atoms with E-state index in [4.69, 9.17) is 9.47 Å². The second kappa shape index (κ2) is 7.21. The van der Waals surface area contributed by atoms with Crippen LogP contribution in [0.4, 0.5) is 0 Å². The van der Waals surface area contributed by atoms with Gasteiger partial charge in [-0.2, -0.15) is 4.31 Å². The van der Waals surface area contributed by atoms with E-state index in [2.05, 4.69) is 0 Å². The zero-order valence-electron chi connectivity index (χ0n) is 15.1. The van der Waals surface area contributed by atoms with Crippen molar-refractivity contribution in [3.63, 3.8) is 0 Å². The second-order valence-electron chi connectivity index (χ2n) is 6.42. The quantitative estimate of drug-likeness (QED) is 0.672. The van der Waals surface area contributed by atoms with E-state index >= 15 is 0 Å². The van der Waals surface area contributed by atoms with E-state index in [0.717, 1.165) is 16.3 Å². The molecule has 1 heterocycles. The highest BCUT2D eigenvalue weighted by Gasteiger charge is 2.24. The Morgan fingerprint density at radius 3 is 2.41 bits per heavy atom. The monoisotopic (exact) mass is 383 g/mol. The summed E-state index contributed by atoms with van der Waals surface area (Å²) in [6, 6.07) is 18.6. The van der Waals surface area contributed by atoms with Crippen molar-refractivity contribution < 1.29 is 17.9 Å². The average molecular weight is 383 g/mol. The van der Waals surface area contributed by atoms with Crippen molar-refractivity contribution in [1.29, 1.82) is 0 Å². The lowest BCUT2D eigenvalue weighted by Gasteiger charge is -2.23. The summed E-state index contributed by atoms with van der Waals surface area (Å²) in [5, 5.41) is 1.93. The molecule has 0 aromatic heterocycles. The van der Waals surface area contributed by atoms with Crippen molar-refractivity contribution in [3.8, 4) is 11.5 Å². The largest absolute Gasteiger partial charge is 0.486 e. The van der Waals surface area contributed by atoms with Crippen LogP contribution in [-0.2, 0) is 16.6 Å². The predicted molar refractivity (Wildman–Crippen MR) is 105 cm³/mol. The Morgan fingerprint density at radius 1 is 0.889 bits per heavy atom. The van der Waals surface area contributed by atoms with E-state index in [0.29, 0.717) is 36.2 Å². The first-order chi connectivity index (χ1) is 13.1. The minimum atomic E-state index is -3.60. The van der Waals surface area contributed by atoms with Gasteiger partial charge in [0.2, 0.25) is 10.0 Å². The van der Waals surface area contributed by atoms with Crippen LogP contribution in [0.15, 0.2) is 65.6 Å². The minimum absolute atomic E-state index is 0.280. The predicted octanol–water partition coefficient (Wildman–Crippen LogP) is 3.82. The molecule has 1 aliphatic heterocycles. The molecule has 3 aromatic carbocycles. The van der Waals surface area contributed by atoms with Crippen LogP contribution in [0.3, 0.4) is 0 Å². The Morgan fingerprint density at radius 2 is 1.63 bits per heavy atom. The smallest absolute Gasteiger partial charge is 0.243 e. The van der Waals surface area contributed by atoms with Gasteiger partial charge >= 0.3 is 0 Å². The van der Waals surface area contributed by atoms with Crippen molar-refractivity contribution in [3.05, 3.63) is 66.2 Å². The number of sulfonamides is 1. The molecule has 0 saturated heterocycles. The molecule has 0 saturated carbocycles. The number of hydrogen-bond acceptors (Lipinski definition) is 4. The fourth-order valence-electron chi connectivity index (χ4n) is 3.23. The van der Waals surface area contributed by atoms with Gasteiger partial charge in [0.1, 0.15) is 13.2 Å². The molecule has 1 aliphatic rings. The van der Waals surface area contributed by atoms with E-state index in [-0.39, 0.29) is 6.54 Å². The lowest BCUT2D eigenvalue weighted by Crippen LogP contribution is -2.30. The number of fused-ring (bicyclic) bond motifs is 2. The van der Waals surface area contributed by atoms with Gasteiger partial charge in [-0.3, -0.25) is 0 Å². The topological polar surface area (TPSA) is 55.8 Å². The molecule has 0 spiro atoms. The molecule has 0 aliphatic carbocycles. The van der Waals surface area contributed by atoms with Gasteiger partial charge in [0.15, 0.2) is 11.5 Å². The van der Waals surface area contributed by atoms with E-state index in [1.165, 1.54) is 4.31 Å². The molecule has 0 atom stereocenters. The van der Waals surface area contributed by atoms with Crippen LogP contribution in [0.2, 0.25) is 0 Å². The number of benzene rings is 3. The maximum absolute atomic E-state index is 13.2. The summed E-state index contributed by atoms with van der Waals surface area (Å²) >= 11 is 0. The first-order valence-electron chi connectivity index (χ1n) is 8.95. The zero-order valence-corrected chi connectivity index (χ0v) is 15.9. The van der Waals surface area contributed by atoms with Crippen molar-refractivity contribution in [2.75, 3.05) is 19.8 Å². The summed E-state index contributed by atoms with van der Waals surface area (Å²) < 4.78 is 39.0. The molecule has 0 amide bonds. The third kappa shape index (κ3) is 3.50. The van der Waals surface area contributed by atoms with E-state index in [1.807, 2.05) is 55.5 Å². The summed E-state index contributed by atoms with van der Waals surface area (Å²) in [7, 11) is -3.60. The molecule has 0 radical (unpaired) electrons. The maximum Gasteiger partial charge on any atom is 0.243 e. The summed E-state index contributed by atoms with van der Waals surface area (Å²) in [6.07, 6.45) is 0. The van der Waals surface area contributed by atoms with Crippen molar-refractivity contribution in [1.82, 2.24) is 4.31 Å². The second-order valence-corrected chi connectivity index (χ2v) is 8.36. The lowest BCUT2D eigenvalue weighted by atomic mass is 10.1. The molecule has 5 nitrogen and oxygen atoms in total. The fraction of sp³-hybridized carbons (Fsp3) is 0.238. The highest BCUT2D eigenvalue weighted by molar-refractivity contribution is 7.89. The highest BCUT2D eigenvalue weighted by atomic mass is 32.2. The number of hydrogen-bond donors (Lipinski definition) is 0. The van der Waals surface area contributed by atoms with E-state index in [9.17, 15) is 8.42 Å². The van der Waals surface area contributed by atoms with Gasteiger partial charge in [-0.1, -0.05) is 43.3 Å². The van der Waals surface area contributed by atoms with Gasteiger partial charge in [-0.05, 0) is 40.6 Å². The van der Waals surface area contributed by atoms with Crippen LogP contribution in [0.25, 0.3) is 10.8 Å². The molecule has 0 bridgehead atoms. The molecule has 3 aromatic rings. The summed E-state index contributed by atoms with van der Waals surface area (Å²) in [4.78, 5) is 0.306. The third-order valence-electron chi connectivity index (χ3n) is 4.68. The molecular weight excluding hydrogens is 362 g/mol. The Balaban J connectivity index is 1.64. The van der Waals surface area contributed by atoms with E-state index in [1.54, 1.807) is 12.1 Å². The van der Waals surface area contributed by atoms with Crippen LogP contribution in [0.5, 0.6) is 11.5 Å². The number of nitrogens with zero attached hydrogens (tertiary/aromatic N) is 1. The molecule has 4 rings (SSSR count). The minimum Gasteiger partial charge on any atom is -0.486 e. The van der Waals surface area contributed by atoms with E-state index < -0.39 is 10.0 Å². The van der Waals surface area contributed by atoms with Gasteiger partial charge in [-0.15, -0.1) is 0 Å². The molecule has 140 valence electrons. The SMILES string of the molecule is CCN(Cc1ccc2c(c1)OCCO2)S(=O)(=O)c1ccc2ccccc2c1. The summed E-state index contributed by atoms with van der Waals surface area (Å²) in [6.45, 7) is 3.54. The molecular formula is C21H21NO4S. The first kappa shape index (κ1) is 17.8. The average Bonchev–Trinajstić information content (AvgIpc) is 2.71. The van der Waals surface area contributed by atoms with Gasteiger partial charge in [0.05, 0.1) is 4.90 Å². The lowest BCUT2D eigenvalue weighted by molar-refractivity contribution is 0.171. The van der Waals surface area contributed by atoms with Gasteiger partial charge in [-0.25, -0.2) is 8.42 Å². The molecule has 0 unspecified atom stereocenters. The normalized spacial score (nSPS) is 13.9. The van der Waals surface area contributed by atoms with Crippen LogP contribution in [0.1, 0.15) is 12.5 Å². The van der Waals surface area contributed by atoms with Crippen LogP contribution in [0, 0.1) is 0 Å². The van der Waals surface area contributed by atoms with Gasteiger partial charge < -0.3 is 9.47 Å². The maximum atomic E-state index is 13.2. The molecule has 0 N–H and O–H groups in total. The van der Waals surface area contributed by atoms with Crippen molar-refractivity contribution in [2.45, 2.75) is 18.4 Å². The Labute approximate surface area is 159 Å². The fourth-order valence-corrected chi connectivity index (χ4v) is 4.71. The summed E-state index contributed by atoms with van der Waals surface area (Å²) in [5.74, 6) is 1.36. The first-order valence-corrected chi connectivity index (χ1v) is 10.4. The van der Waals surface area contributed by atoms with Gasteiger partial charge in [0.25, 0.3) is 0 Å². The van der Waals surface area contributed by atoms with Gasteiger partial charge in [0, 0.05) is 13.1 Å². The van der Waals surface area contributed by atoms with Crippen LogP contribution >= 0.6 is 0 Å². The van der Waals surface area contributed by atoms with Crippen molar-refractivity contribution >= 4 is 20.8 Å².